The first-order chi connectivity index (χ1) is 11.9. The van der Waals surface area contributed by atoms with Crippen LogP contribution in [0.25, 0.3) is 10.9 Å². The fourth-order valence-corrected chi connectivity index (χ4v) is 2.56. The minimum absolute atomic E-state index is 0.126. The number of nitrogens with zero attached hydrogens (tertiary/aromatic N) is 1. The molecule has 2 rings (SSSR count). The van der Waals surface area contributed by atoms with Crippen molar-refractivity contribution in [3.05, 3.63) is 44.6 Å². The minimum atomic E-state index is -0.823. The Morgan fingerprint density at radius 3 is 2.64 bits per heavy atom. The number of H-pyrrole nitrogens is 1. The van der Waals surface area contributed by atoms with Crippen LogP contribution in [-0.2, 0) is 11.3 Å². The van der Waals surface area contributed by atoms with E-state index < -0.39 is 11.7 Å². The van der Waals surface area contributed by atoms with Gasteiger partial charge in [0, 0.05) is 25.1 Å². The standard InChI is InChI=1S/C17H21N3O5/c1-2-20-16(24)12-8-7-11(10-13(12)19-17(20)25)15(23)18-9-5-3-4-6-14(21)22/h7-8,10H,2-6,9H2,1H3,(H,18,23)(H,19,25)(H,21,22). The number of unbranched alkanes of at least 4 members (excludes halogenated alkanes) is 2. The quantitative estimate of drug-likeness (QED) is 0.617. The smallest absolute Gasteiger partial charge is 0.328 e. The Hall–Kier alpha value is -2.90. The molecule has 1 amide bonds. The molecule has 0 radical (unpaired) electrons. The second-order valence-electron chi connectivity index (χ2n) is 5.70. The summed E-state index contributed by atoms with van der Waals surface area (Å²) in [5.74, 6) is -1.13. The molecule has 0 aliphatic heterocycles. The van der Waals surface area contributed by atoms with Gasteiger partial charge >= 0.3 is 11.7 Å². The van der Waals surface area contributed by atoms with Gasteiger partial charge < -0.3 is 15.4 Å². The Balaban J connectivity index is 2.04. The Bertz CT molecular complexity index is 897. The van der Waals surface area contributed by atoms with Gasteiger partial charge in [0.05, 0.1) is 10.9 Å². The molecule has 1 aromatic heterocycles. The molecule has 0 bridgehead atoms. The molecule has 0 spiro atoms. The Morgan fingerprint density at radius 2 is 1.96 bits per heavy atom. The molecule has 3 N–H and O–H groups in total. The number of hydrogen-bond donors (Lipinski definition) is 3. The second-order valence-corrected chi connectivity index (χ2v) is 5.70. The predicted octanol–water partition coefficient (Wildman–Crippen LogP) is 1.08. The maximum atomic E-state index is 12.2. The van der Waals surface area contributed by atoms with Gasteiger partial charge in [-0.1, -0.05) is 6.42 Å². The molecule has 0 aliphatic carbocycles. The predicted molar refractivity (Wildman–Crippen MR) is 92.9 cm³/mol. The van der Waals surface area contributed by atoms with Crippen LogP contribution in [-0.4, -0.2) is 33.1 Å². The molecule has 0 unspecified atom stereocenters. The molecule has 2 aromatic rings. The SMILES string of the molecule is CCn1c(=O)[nH]c2cc(C(=O)NCCCCCC(=O)O)ccc2c1=O. The highest BCUT2D eigenvalue weighted by molar-refractivity contribution is 5.97. The zero-order valence-electron chi connectivity index (χ0n) is 14.0. The fourth-order valence-electron chi connectivity index (χ4n) is 2.56. The van der Waals surface area contributed by atoms with Gasteiger partial charge in [-0.3, -0.25) is 19.0 Å². The van der Waals surface area contributed by atoms with Crippen molar-refractivity contribution in [3.63, 3.8) is 0 Å². The molecule has 8 heteroatoms. The number of aromatic nitrogens is 2. The van der Waals surface area contributed by atoms with E-state index in [4.69, 9.17) is 5.11 Å². The number of rotatable bonds is 8. The molecule has 1 heterocycles. The number of fused-ring (bicyclic) bond motifs is 1. The van der Waals surface area contributed by atoms with Gasteiger partial charge in [0.1, 0.15) is 0 Å². The van der Waals surface area contributed by atoms with E-state index in [0.717, 1.165) is 4.57 Å². The van der Waals surface area contributed by atoms with E-state index in [2.05, 4.69) is 10.3 Å². The third kappa shape index (κ3) is 4.56. The van der Waals surface area contributed by atoms with Crippen LogP contribution in [0, 0.1) is 0 Å². The number of benzene rings is 1. The second kappa shape index (κ2) is 8.27. The van der Waals surface area contributed by atoms with Crippen molar-refractivity contribution in [1.82, 2.24) is 14.9 Å². The molecule has 0 fully saturated rings. The van der Waals surface area contributed by atoms with Crippen molar-refractivity contribution in [1.29, 1.82) is 0 Å². The summed E-state index contributed by atoms with van der Waals surface area (Å²) >= 11 is 0. The highest BCUT2D eigenvalue weighted by Gasteiger charge is 2.10. The molecule has 0 saturated carbocycles. The summed E-state index contributed by atoms with van der Waals surface area (Å²) in [7, 11) is 0. The fraction of sp³-hybridized carbons (Fsp3) is 0.412. The number of aliphatic carboxylic acids is 1. The van der Waals surface area contributed by atoms with Crippen LogP contribution in [0.15, 0.2) is 27.8 Å². The summed E-state index contributed by atoms with van der Waals surface area (Å²) < 4.78 is 1.10. The first kappa shape index (κ1) is 18.4. The summed E-state index contributed by atoms with van der Waals surface area (Å²) in [6, 6.07) is 4.56. The largest absolute Gasteiger partial charge is 0.481 e. The maximum Gasteiger partial charge on any atom is 0.328 e. The van der Waals surface area contributed by atoms with Crippen molar-refractivity contribution in [3.8, 4) is 0 Å². The molecular formula is C17H21N3O5. The summed E-state index contributed by atoms with van der Waals surface area (Å²) in [6.07, 6.45) is 2.10. The van der Waals surface area contributed by atoms with Crippen molar-refractivity contribution < 1.29 is 14.7 Å². The van der Waals surface area contributed by atoms with Crippen LogP contribution < -0.4 is 16.6 Å². The number of carbonyl (C=O) groups excluding carboxylic acids is 1. The van der Waals surface area contributed by atoms with E-state index in [-0.39, 0.29) is 24.4 Å². The lowest BCUT2D eigenvalue weighted by atomic mass is 10.1. The molecule has 0 aliphatic rings. The van der Waals surface area contributed by atoms with E-state index in [1.165, 1.54) is 12.1 Å². The van der Waals surface area contributed by atoms with Crippen LogP contribution in [0.4, 0.5) is 0 Å². The van der Waals surface area contributed by atoms with Crippen molar-refractivity contribution in [2.75, 3.05) is 6.54 Å². The van der Waals surface area contributed by atoms with Gasteiger partial charge in [0.2, 0.25) is 0 Å². The summed E-state index contributed by atoms with van der Waals surface area (Å²) in [6.45, 7) is 2.42. The van der Waals surface area contributed by atoms with Crippen molar-refractivity contribution in [2.45, 2.75) is 39.2 Å². The van der Waals surface area contributed by atoms with Gasteiger partial charge in [-0.25, -0.2) is 4.79 Å². The Morgan fingerprint density at radius 1 is 1.20 bits per heavy atom. The average Bonchev–Trinajstić information content (AvgIpc) is 2.57. The van der Waals surface area contributed by atoms with Crippen LogP contribution in [0.5, 0.6) is 0 Å². The zero-order valence-corrected chi connectivity index (χ0v) is 14.0. The highest BCUT2D eigenvalue weighted by Crippen LogP contribution is 2.09. The number of aromatic amines is 1. The molecule has 8 nitrogen and oxygen atoms in total. The van der Waals surface area contributed by atoms with Gasteiger partial charge in [0.15, 0.2) is 0 Å². The van der Waals surface area contributed by atoms with E-state index in [9.17, 15) is 19.2 Å². The number of carboxylic acids is 1. The molecule has 134 valence electrons. The average molecular weight is 347 g/mol. The lowest BCUT2D eigenvalue weighted by Crippen LogP contribution is -2.34. The summed E-state index contributed by atoms with van der Waals surface area (Å²) in [5.41, 5.74) is -0.209. The topological polar surface area (TPSA) is 121 Å². The lowest BCUT2D eigenvalue weighted by Gasteiger charge is -2.07. The van der Waals surface area contributed by atoms with Crippen molar-refractivity contribution in [2.24, 2.45) is 0 Å². The van der Waals surface area contributed by atoms with E-state index >= 15 is 0 Å². The lowest BCUT2D eigenvalue weighted by molar-refractivity contribution is -0.137. The molecular weight excluding hydrogens is 326 g/mol. The van der Waals surface area contributed by atoms with Gasteiger partial charge in [-0.2, -0.15) is 0 Å². The van der Waals surface area contributed by atoms with Gasteiger partial charge in [-0.05, 0) is 38.0 Å². The molecule has 0 atom stereocenters. The van der Waals surface area contributed by atoms with Crippen LogP contribution in [0.1, 0.15) is 43.0 Å². The Labute approximate surface area is 143 Å². The summed E-state index contributed by atoms with van der Waals surface area (Å²) in [4.78, 5) is 49.2. The maximum absolute atomic E-state index is 12.2. The van der Waals surface area contributed by atoms with Crippen LogP contribution in [0.2, 0.25) is 0 Å². The molecule has 1 aromatic carbocycles. The third-order valence-electron chi connectivity index (χ3n) is 3.91. The highest BCUT2D eigenvalue weighted by atomic mass is 16.4. The third-order valence-corrected chi connectivity index (χ3v) is 3.91. The van der Waals surface area contributed by atoms with E-state index in [1.807, 2.05) is 0 Å². The zero-order chi connectivity index (χ0) is 18.4. The van der Waals surface area contributed by atoms with Crippen LogP contribution >= 0.6 is 0 Å². The van der Waals surface area contributed by atoms with Crippen LogP contribution in [0.3, 0.4) is 0 Å². The number of carbonyl (C=O) groups is 2. The molecule has 25 heavy (non-hydrogen) atoms. The first-order valence-corrected chi connectivity index (χ1v) is 8.21. The van der Waals surface area contributed by atoms with E-state index in [0.29, 0.717) is 42.3 Å². The van der Waals surface area contributed by atoms with Gasteiger partial charge in [0.25, 0.3) is 11.5 Å². The van der Waals surface area contributed by atoms with E-state index in [1.54, 1.807) is 13.0 Å². The van der Waals surface area contributed by atoms with Gasteiger partial charge in [-0.15, -0.1) is 0 Å². The number of carboxylic acid groups (broad SMARTS) is 1. The number of nitrogens with one attached hydrogen (secondary N) is 2. The summed E-state index contributed by atoms with van der Waals surface area (Å²) in [5, 5.41) is 11.6. The molecule has 0 saturated heterocycles. The minimum Gasteiger partial charge on any atom is -0.481 e. The monoisotopic (exact) mass is 347 g/mol. The Kier molecular flexibility index (Phi) is 6.10. The van der Waals surface area contributed by atoms with Crippen molar-refractivity contribution >= 4 is 22.8 Å². The normalized spacial score (nSPS) is 10.8. The number of hydrogen-bond acceptors (Lipinski definition) is 4. The number of amides is 1. The first-order valence-electron chi connectivity index (χ1n) is 8.21.